The average Bonchev–Trinajstić information content (AvgIpc) is 2.34. The minimum absolute atomic E-state index is 0.0658. The monoisotopic (exact) mass is 243 g/mol. The van der Waals surface area contributed by atoms with E-state index in [1.165, 1.54) is 12.1 Å². The van der Waals surface area contributed by atoms with Crippen molar-refractivity contribution in [1.82, 2.24) is 5.32 Å². The predicted molar refractivity (Wildman–Crippen MR) is 64.2 cm³/mol. The van der Waals surface area contributed by atoms with Gasteiger partial charge in [-0.15, -0.1) is 0 Å². The summed E-state index contributed by atoms with van der Waals surface area (Å²) in [5, 5.41) is 3.27. The Kier molecular flexibility index (Phi) is 6.08. The van der Waals surface area contributed by atoms with Gasteiger partial charge in [0.15, 0.2) is 0 Å². The summed E-state index contributed by atoms with van der Waals surface area (Å²) < 4.78 is 29.9. The van der Waals surface area contributed by atoms with Gasteiger partial charge in [-0.3, -0.25) is 0 Å². The van der Waals surface area contributed by atoms with Crippen molar-refractivity contribution in [2.75, 3.05) is 13.2 Å². The van der Waals surface area contributed by atoms with Gasteiger partial charge >= 0.3 is 0 Å². The molecule has 0 fully saturated rings. The first-order valence-electron chi connectivity index (χ1n) is 5.81. The molecule has 1 aromatic carbocycles. The van der Waals surface area contributed by atoms with Crippen molar-refractivity contribution in [2.24, 2.45) is 0 Å². The molecule has 0 bridgehead atoms. The molecule has 17 heavy (non-hydrogen) atoms. The topological polar surface area (TPSA) is 21.3 Å². The Morgan fingerprint density at radius 2 is 1.88 bits per heavy atom. The van der Waals surface area contributed by atoms with Gasteiger partial charge in [-0.1, -0.05) is 24.3 Å². The van der Waals surface area contributed by atoms with Gasteiger partial charge in [-0.2, -0.15) is 0 Å². The van der Waals surface area contributed by atoms with Gasteiger partial charge < -0.3 is 10.1 Å². The Hall–Kier alpha value is -1.00. The van der Waals surface area contributed by atoms with Crippen LogP contribution in [0.3, 0.4) is 0 Å². The molecule has 0 aliphatic heterocycles. The highest BCUT2D eigenvalue weighted by Gasteiger charge is 2.06. The van der Waals surface area contributed by atoms with Crippen LogP contribution in [0.2, 0.25) is 0 Å². The van der Waals surface area contributed by atoms with E-state index in [9.17, 15) is 8.78 Å². The van der Waals surface area contributed by atoms with Crippen molar-refractivity contribution < 1.29 is 13.5 Å². The molecule has 0 aliphatic carbocycles. The number of hydrogen-bond acceptors (Lipinski definition) is 2. The van der Waals surface area contributed by atoms with Crippen LogP contribution in [-0.4, -0.2) is 19.3 Å². The van der Waals surface area contributed by atoms with Crippen molar-refractivity contribution >= 4 is 0 Å². The molecule has 0 aromatic heterocycles. The lowest BCUT2D eigenvalue weighted by molar-refractivity contribution is 0.127. The first-order valence-corrected chi connectivity index (χ1v) is 5.81. The van der Waals surface area contributed by atoms with E-state index >= 15 is 0 Å². The first kappa shape index (κ1) is 14.1. The highest BCUT2D eigenvalue weighted by atomic mass is 19.3. The van der Waals surface area contributed by atoms with E-state index in [1.807, 2.05) is 13.8 Å². The maximum atomic E-state index is 12.3. The molecule has 0 spiro atoms. The lowest BCUT2D eigenvalue weighted by Gasteiger charge is -2.13. The summed E-state index contributed by atoms with van der Waals surface area (Å²) in [6.45, 7) is 6.01. The Morgan fingerprint density at radius 1 is 1.24 bits per heavy atom. The molecule has 0 saturated carbocycles. The summed E-state index contributed by atoms with van der Waals surface area (Å²) in [6, 6.07) is 6.64. The third kappa shape index (κ3) is 5.24. The van der Waals surface area contributed by atoms with Crippen LogP contribution in [0.4, 0.5) is 8.78 Å². The van der Waals surface area contributed by atoms with Crippen LogP contribution in [0.1, 0.15) is 31.4 Å². The number of ether oxygens (including phenoxy) is 1. The van der Waals surface area contributed by atoms with Gasteiger partial charge in [0.05, 0.1) is 6.61 Å². The summed E-state index contributed by atoms with van der Waals surface area (Å²) in [4.78, 5) is 0. The minimum Gasteiger partial charge on any atom is -0.380 e. The van der Waals surface area contributed by atoms with E-state index < -0.39 is 6.43 Å². The first-order chi connectivity index (χ1) is 8.13. The Morgan fingerprint density at radius 3 is 2.41 bits per heavy atom. The van der Waals surface area contributed by atoms with E-state index in [1.54, 1.807) is 12.1 Å². The number of rotatable bonds is 7. The van der Waals surface area contributed by atoms with Crippen LogP contribution in [0.15, 0.2) is 24.3 Å². The van der Waals surface area contributed by atoms with Gasteiger partial charge in [-0.05, 0) is 19.4 Å². The van der Waals surface area contributed by atoms with Crippen molar-refractivity contribution in [3.05, 3.63) is 35.4 Å². The highest BCUT2D eigenvalue weighted by Crippen LogP contribution is 2.18. The van der Waals surface area contributed by atoms with Crippen molar-refractivity contribution in [3.8, 4) is 0 Å². The third-order valence-electron chi connectivity index (χ3n) is 2.46. The van der Waals surface area contributed by atoms with Crippen molar-refractivity contribution in [3.63, 3.8) is 0 Å². The van der Waals surface area contributed by atoms with Crippen molar-refractivity contribution in [1.29, 1.82) is 0 Å². The summed E-state index contributed by atoms with van der Waals surface area (Å²) >= 11 is 0. The van der Waals surface area contributed by atoms with Gasteiger partial charge in [-0.25, -0.2) is 8.78 Å². The summed E-state index contributed by atoms with van der Waals surface area (Å²) in [7, 11) is 0. The second-order valence-electron chi connectivity index (χ2n) is 3.98. The van der Waals surface area contributed by atoms with Crippen LogP contribution in [0.5, 0.6) is 0 Å². The van der Waals surface area contributed by atoms with Gasteiger partial charge in [0.2, 0.25) is 0 Å². The maximum Gasteiger partial charge on any atom is 0.263 e. The van der Waals surface area contributed by atoms with Crippen molar-refractivity contribution in [2.45, 2.75) is 32.9 Å². The Labute approximate surface area is 101 Å². The average molecular weight is 243 g/mol. The van der Waals surface area contributed by atoms with Crippen LogP contribution in [0.25, 0.3) is 0 Å². The lowest BCUT2D eigenvalue weighted by atomic mass is 10.1. The van der Waals surface area contributed by atoms with Gasteiger partial charge in [0, 0.05) is 24.8 Å². The fraction of sp³-hybridized carbons (Fsp3) is 0.538. The molecular weight excluding hydrogens is 224 g/mol. The normalized spacial score (nSPS) is 13.0. The zero-order valence-electron chi connectivity index (χ0n) is 10.2. The maximum absolute atomic E-state index is 12.3. The van der Waals surface area contributed by atoms with Crippen LogP contribution in [0, 0.1) is 0 Å². The molecule has 2 nitrogen and oxygen atoms in total. The van der Waals surface area contributed by atoms with E-state index in [0.717, 1.165) is 5.56 Å². The molecule has 1 N–H and O–H groups in total. The third-order valence-corrected chi connectivity index (χ3v) is 2.46. The van der Waals surface area contributed by atoms with E-state index in [-0.39, 0.29) is 11.6 Å². The molecule has 1 aromatic rings. The standard InChI is InChI=1S/C13H19F2NO/c1-3-17-9-10(2)16-8-11-4-6-12(7-5-11)13(14)15/h4-7,10,13,16H,3,8-9H2,1-2H3. The second kappa shape index (κ2) is 7.35. The molecule has 4 heteroatoms. The van der Waals surface area contributed by atoms with Crippen LogP contribution >= 0.6 is 0 Å². The number of halogens is 2. The second-order valence-corrected chi connectivity index (χ2v) is 3.98. The van der Waals surface area contributed by atoms with E-state index in [0.29, 0.717) is 19.8 Å². The van der Waals surface area contributed by atoms with E-state index in [2.05, 4.69) is 5.32 Å². The molecule has 1 unspecified atom stereocenters. The summed E-state index contributed by atoms with van der Waals surface area (Å²) in [5.74, 6) is 0. The number of alkyl halides is 2. The van der Waals surface area contributed by atoms with E-state index in [4.69, 9.17) is 4.74 Å². The molecule has 1 rings (SSSR count). The fourth-order valence-corrected chi connectivity index (χ4v) is 1.43. The Balaban J connectivity index is 2.36. The summed E-state index contributed by atoms with van der Waals surface area (Å²) in [6.07, 6.45) is -2.39. The largest absolute Gasteiger partial charge is 0.380 e. The smallest absolute Gasteiger partial charge is 0.263 e. The number of benzene rings is 1. The predicted octanol–water partition coefficient (Wildman–Crippen LogP) is 3.14. The van der Waals surface area contributed by atoms with Gasteiger partial charge in [0.25, 0.3) is 6.43 Å². The molecule has 0 aliphatic rings. The number of nitrogens with one attached hydrogen (secondary N) is 1. The van der Waals surface area contributed by atoms with Gasteiger partial charge in [0.1, 0.15) is 0 Å². The highest BCUT2D eigenvalue weighted by molar-refractivity contribution is 5.23. The Bertz CT molecular complexity index is 314. The fourth-order valence-electron chi connectivity index (χ4n) is 1.43. The molecule has 96 valence electrons. The zero-order chi connectivity index (χ0) is 12.7. The van der Waals surface area contributed by atoms with Crippen LogP contribution < -0.4 is 5.32 Å². The zero-order valence-corrected chi connectivity index (χ0v) is 10.2. The molecule has 0 saturated heterocycles. The SMILES string of the molecule is CCOCC(C)NCc1ccc(C(F)F)cc1. The molecule has 0 amide bonds. The molecule has 0 radical (unpaired) electrons. The summed E-state index contributed by atoms with van der Waals surface area (Å²) in [5.41, 5.74) is 1.06. The number of hydrogen-bond donors (Lipinski definition) is 1. The lowest BCUT2D eigenvalue weighted by Crippen LogP contribution is -2.30. The minimum atomic E-state index is -2.39. The molecular formula is C13H19F2NO. The van der Waals surface area contributed by atoms with Crippen LogP contribution in [-0.2, 0) is 11.3 Å². The molecule has 1 atom stereocenters. The quantitative estimate of drug-likeness (QED) is 0.794. The molecule has 0 heterocycles.